The summed E-state index contributed by atoms with van der Waals surface area (Å²) >= 11 is 5.95. The van der Waals surface area contributed by atoms with Crippen LogP contribution in [0.4, 0.5) is 0 Å². The number of hydrogen-bond acceptors (Lipinski definition) is 5. The third-order valence-corrected chi connectivity index (χ3v) is 5.03. The Morgan fingerprint density at radius 3 is 2.08 bits per heavy atom. The van der Waals surface area contributed by atoms with Crippen LogP contribution in [0.15, 0.2) is 36.4 Å². The smallest absolute Gasteiger partial charge is 0.203 e. The number of benzene rings is 2. The number of aromatic hydroxyl groups is 1. The van der Waals surface area contributed by atoms with Crippen LogP contribution in [0.2, 0.25) is 5.02 Å². The van der Waals surface area contributed by atoms with E-state index < -0.39 is 0 Å². The second-order valence-electron chi connectivity index (χ2n) is 6.49. The number of halogens is 1. The van der Waals surface area contributed by atoms with Gasteiger partial charge in [0, 0.05) is 49.9 Å². The normalized spacial score (nSPS) is 15.8. The summed E-state index contributed by atoms with van der Waals surface area (Å²) in [5.74, 6) is 1.10. The predicted molar refractivity (Wildman–Crippen MR) is 103 cm³/mol. The van der Waals surface area contributed by atoms with E-state index in [1.54, 1.807) is 7.11 Å². The van der Waals surface area contributed by atoms with Crippen LogP contribution in [0.5, 0.6) is 17.2 Å². The van der Waals surface area contributed by atoms with Crippen LogP contribution < -0.4 is 9.47 Å². The van der Waals surface area contributed by atoms with E-state index in [4.69, 9.17) is 21.1 Å². The Bertz CT molecular complexity index is 729. The van der Waals surface area contributed by atoms with Gasteiger partial charge in [0.1, 0.15) is 0 Å². The van der Waals surface area contributed by atoms with E-state index in [9.17, 15) is 5.11 Å². The van der Waals surface area contributed by atoms with Gasteiger partial charge in [-0.3, -0.25) is 9.80 Å². The van der Waals surface area contributed by atoms with Crippen molar-refractivity contribution >= 4 is 11.6 Å². The van der Waals surface area contributed by atoms with Gasteiger partial charge in [-0.1, -0.05) is 29.8 Å². The molecule has 2 aromatic rings. The molecule has 0 unspecified atom stereocenters. The van der Waals surface area contributed by atoms with E-state index >= 15 is 0 Å². The molecule has 0 atom stereocenters. The first kappa shape index (κ1) is 18.8. The SMILES string of the molecule is COc1ccc(CN2CCN(Cc3ccc(Cl)cc3)CC2)c(O)c1OC. The second kappa shape index (κ2) is 8.62. The van der Waals surface area contributed by atoms with Gasteiger partial charge in [0.15, 0.2) is 11.5 Å². The summed E-state index contributed by atoms with van der Waals surface area (Å²) in [6.45, 7) is 5.55. The van der Waals surface area contributed by atoms with Gasteiger partial charge in [0.2, 0.25) is 5.75 Å². The standard InChI is InChI=1S/C20H25ClN2O3/c1-25-18-8-5-16(19(24)20(18)26-2)14-23-11-9-22(10-12-23)13-15-3-6-17(21)7-4-15/h3-8,24H,9-14H2,1-2H3. The number of phenolic OH excluding ortho intramolecular Hbond substituents is 1. The van der Waals surface area contributed by atoms with Crippen molar-refractivity contribution in [2.45, 2.75) is 13.1 Å². The van der Waals surface area contributed by atoms with Crippen LogP contribution in [0.25, 0.3) is 0 Å². The third-order valence-electron chi connectivity index (χ3n) is 4.78. The molecule has 1 fully saturated rings. The minimum Gasteiger partial charge on any atom is -0.504 e. The predicted octanol–water partition coefficient (Wildman–Crippen LogP) is 3.38. The second-order valence-corrected chi connectivity index (χ2v) is 6.92. The van der Waals surface area contributed by atoms with Crippen molar-refractivity contribution in [3.8, 4) is 17.2 Å². The molecule has 6 heteroatoms. The molecule has 2 aromatic carbocycles. The molecule has 0 aliphatic carbocycles. The average molecular weight is 377 g/mol. The largest absolute Gasteiger partial charge is 0.504 e. The van der Waals surface area contributed by atoms with Crippen molar-refractivity contribution in [3.05, 3.63) is 52.5 Å². The van der Waals surface area contributed by atoms with E-state index in [1.807, 2.05) is 24.3 Å². The minimum absolute atomic E-state index is 0.162. The summed E-state index contributed by atoms with van der Waals surface area (Å²) in [6.07, 6.45) is 0. The number of nitrogens with zero attached hydrogens (tertiary/aromatic N) is 2. The molecule has 1 heterocycles. The maximum Gasteiger partial charge on any atom is 0.203 e. The van der Waals surface area contributed by atoms with Crippen LogP contribution in [-0.4, -0.2) is 55.3 Å². The van der Waals surface area contributed by atoms with Crippen LogP contribution >= 0.6 is 11.6 Å². The molecular weight excluding hydrogens is 352 g/mol. The van der Waals surface area contributed by atoms with Gasteiger partial charge in [-0.25, -0.2) is 0 Å². The summed E-state index contributed by atoms with van der Waals surface area (Å²) in [5.41, 5.74) is 2.13. The highest BCUT2D eigenvalue weighted by Gasteiger charge is 2.20. The van der Waals surface area contributed by atoms with Crippen molar-refractivity contribution in [2.24, 2.45) is 0 Å². The van der Waals surface area contributed by atoms with Crippen LogP contribution in [0, 0.1) is 0 Å². The summed E-state index contributed by atoms with van der Waals surface area (Å²) in [6, 6.07) is 11.8. The highest BCUT2D eigenvalue weighted by atomic mass is 35.5. The van der Waals surface area contributed by atoms with Gasteiger partial charge in [0.25, 0.3) is 0 Å². The third kappa shape index (κ3) is 4.41. The van der Waals surface area contributed by atoms with E-state index in [0.29, 0.717) is 18.0 Å². The fraction of sp³-hybridized carbons (Fsp3) is 0.400. The van der Waals surface area contributed by atoms with Gasteiger partial charge >= 0.3 is 0 Å². The first-order chi connectivity index (χ1) is 12.6. The lowest BCUT2D eigenvalue weighted by Gasteiger charge is -2.35. The Hall–Kier alpha value is -1.95. The van der Waals surface area contributed by atoms with Gasteiger partial charge in [-0.2, -0.15) is 0 Å². The number of phenols is 1. The van der Waals surface area contributed by atoms with E-state index in [2.05, 4.69) is 21.9 Å². The van der Waals surface area contributed by atoms with E-state index in [-0.39, 0.29) is 5.75 Å². The Morgan fingerprint density at radius 2 is 1.50 bits per heavy atom. The molecule has 0 saturated carbocycles. The molecule has 1 aliphatic rings. The fourth-order valence-corrected chi connectivity index (χ4v) is 3.40. The summed E-state index contributed by atoms with van der Waals surface area (Å²) in [5, 5.41) is 11.2. The van der Waals surface area contributed by atoms with E-state index in [0.717, 1.165) is 43.3 Å². The van der Waals surface area contributed by atoms with Crippen molar-refractivity contribution < 1.29 is 14.6 Å². The van der Waals surface area contributed by atoms with Crippen LogP contribution in [0.1, 0.15) is 11.1 Å². The quantitative estimate of drug-likeness (QED) is 0.837. The molecule has 0 radical (unpaired) electrons. The number of hydrogen-bond donors (Lipinski definition) is 1. The number of methoxy groups -OCH3 is 2. The van der Waals surface area contributed by atoms with Crippen molar-refractivity contribution in [1.82, 2.24) is 9.80 Å². The van der Waals surface area contributed by atoms with Gasteiger partial charge < -0.3 is 14.6 Å². The maximum absolute atomic E-state index is 10.4. The molecule has 0 spiro atoms. The molecule has 0 aromatic heterocycles. The topological polar surface area (TPSA) is 45.2 Å². The minimum atomic E-state index is 0.162. The fourth-order valence-electron chi connectivity index (χ4n) is 3.27. The Labute approximate surface area is 159 Å². The van der Waals surface area contributed by atoms with Crippen LogP contribution in [-0.2, 0) is 13.1 Å². The number of ether oxygens (including phenoxy) is 2. The Morgan fingerprint density at radius 1 is 0.885 bits per heavy atom. The highest BCUT2D eigenvalue weighted by Crippen LogP contribution is 2.39. The summed E-state index contributed by atoms with van der Waals surface area (Å²) in [4.78, 5) is 4.79. The Balaban J connectivity index is 1.56. The van der Waals surface area contributed by atoms with E-state index in [1.165, 1.54) is 12.7 Å². The summed E-state index contributed by atoms with van der Waals surface area (Å²) < 4.78 is 10.5. The van der Waals surface area contributed by atoms with Gasteiger partial charge in [0.05, 0.1) is 14.2 Å². The van der Waals surface area contributed by atoms with Gasteiger partial charge in [-0.05, 0) is 23.8 Å². The molecule has 5 nitrogen and oxygen atoms in total. The molecule has 1 saturated heterocycles. The lowest BCUT2D eigenvalue weighted by molar-refractivity contribution is 0.121. The lowest BCUT2D eigenvalue weighted by Crippen LogP contribution is -2.45. The molecule has 140 valence electrons. The first-order valence-corrected chi connectivity index (χ1v) is 9.10. The average Bonchev–Trinajstić information content (AvgIpc) is 2.66. The molecular formula is C20H25ClN2O3. The molecule has 0 bridgehead atoms. The molecule has 1 aliphatic heterocycles. The zero-order chi connectivity index (χ0) is 18.5. The molecule has 26 heavy (non-hydrogen) atoms. The molecule has 0 amide bonds. The zero-order valence-corrected chi connectivity index (χ0v) is 16.0. The summed E-state index contributed by atoms with van der Waals surface area (Å²) in [7, 11) is 3.10. The first-order valence-electron chi connectivity index (χ1n) is 8.72. The molecule has 3 rings (SSSR count). The molecule has 1 N–H and O–H groups in total. The maximum atomic E-state index is 10.4. The van der Waals surface area contributed by atoms with Crippen molar-refractivity contribution in [3.63, 3.8) is 0 Å². The monoisotopic (exact) mass is 376 g/mol. The Kier molecular flexibility index (Phi) is 6.25. The number of rotatable bonds is 6. The lowest BCUT2D eigenvalue weighted by atomic mass is 10.1. The zero-order valence-electron chi connectivity index (χ0n) is 15.2. The number of piperazine rings is 1. The van der Waals surface area contributed by atoms with Crippen molar-refractivity contribution in [2.75, 3.05) is 40.4 Å². The highest BCUT2D eigenvalue weighted by molar-refractivity contribution is 6.30. The van der Waals surface area contributed by atoms with Gasteiger partial charge in [-0.15, -0.1) is 0 Å². The van der Waals surface area contributed by atoms with Crippen molar-refractivity contribution in [1.29, 1.82) is 0 Å². The van der Waals surface area contributed by atoms with Crippen LogP contribution in [0.3, 0.4) is 0 Å².